The van der Waals surface area contributed by atoms with Gasteiger partial charge in [0.1, 0.15) is 6.54 Å². The van der Waals surface area contributed by atoms with Crippen molar-refractivity contribution >= 4 is 11.9 Å². The number of hydrogen-bond acceptors (Lipinski definition) is 2. The van der Waals surface area contributed by atoms with E-state index in [0.29, 0.717) is 0 Å². The summed E-state index contributed by atoms with van der Waals surface area (Å²) >= 11 is 0. The van der Waals surface area contributed by atoms with Gasteiger partial charge in [0.25, 0.3) is 0 Å². The predicted molar refractivity (Wildman–Crippen MR) is 54.0 cm³/mol. The zero-order chi connectivity index (χ0) is 11.2. The fourth-order valence-corrected chi connectivity index (χ4v) is 1.58. The van der Waals surface area contributed by atoms with E-state index < -0.39 is 11.4 Å². The summed E-state index contributed by atoms with van der Waals surface area (Å²) in [6.07, 6.45) is 2.22. The highest BCUT2D eigenvalue weighted by Gasteiger charge is 2.32. The summed E-state index contributed by atoms with van der Waals surface area (Å²) in [7, 11) is 0. The molecular formula is C10H19NO3. The van der Waals surface area contributed by atoms with Crippen molar-refractivity contribution in [1.82, 2.24) is 5.32 Å². The first kappa shape index (κ1) is 12.9. The summed E-state index contributed by atoms with van der Waals surface area (Å²) in [4.78, 5) is 22.0. The van der Waals surface area contributed by atoms with Crippen LogP contribution < -0.4 is 5.32 Å². The second kappa shape index (κ2) is 5.62. The molecular weight excluding hydrogens is 182 g/mol. The summed E-state index contributed by atoms with van der Waals surface area (Å²) in [5, 5.41) is 10.9. The summed E-state index contributed by atoms with van der Waals surface area (Å²) in [6, 6.07) is 0. The fourth-order valence-electron chi connectivity index (χ4n) is 1.58. The molecule has 0 radical (unpaired) electrons. The second-order valence-corrected chi connectivity index (χ2v) is 3.42. The van der Waals surface area contributed by atoms with E-state index in [0.717, 1.165) is 19.3 Å². The molecule has 14 heavy (non-hydrogen) atoms. The van der Waals surface area contributed by atoms with E-state index in [4.69, 9.17) is 5.11 Å². The molecule has 0 aromatic rings. The minimum absolute atomic E-state index is 0.146. The molecule has 0 atom stereocenters. The van der Waals surface area contributed by atoms with Gasteiger partial charge in [-0.3, -0.25) is 9.59 Å². The van der Waals surface area contributed by atoms with E-state index in [1.54, 1.807) is 0 Å². The molecule has 0 rings (SSSR count). The molecule has 0 aliphatic heterocycles. The molecule has 0 aliphatic rings. The van der Waals surface area contributed by atoms with E-state index in [2.05, 4.69) is 5.32 Å². The predicted octanol–water partition coefficient (Wildman–Crippen LogP) is 1.40. The lowest BCUT2D eigenvalue weighted by Crippen LogP contribution is -2.42. The topological polar surface area (TPSA) is 66.4 Å². The van der Waals surface area contributed by atoms with Gasteiger partial charge in [-0.05, 0) is 19.3 Å². The smallest absolute Gasteiger partial charge is 0.322 e. The molecule has 4 heteroatoms. The Hall–Kier alpha value is -1.06. The van der Waals surface area contributed by atoms with Crippen molar-refractivity contribution in [1.29, 1.82) is 0 Å². The van der Waals surface area contributed by atoms with Crippen molar-refractivity contribution in [3.8, 4) is 0 Å². The molecule has 0 unspecified atom stereocenters. The van der Waals surface area contributed by atoms with Crippen LogP contribution in [0.25, 0.3) is 0 Å². The average Bonchev–Trinajstić information content (AvgIpc) is 2.18. The van der Waals surface area contributed by atoms with E-state index in [-0.39, 0.29) is 12.5 Å². The van der Waals surface area contributed by atoms with E-state index in [1.165, 1.54) is 0 Å². The minimum atomic E-state index is -1.00. The van der Waals surface area contributed by atoms with Crippen LogP contribution in [0, 0.1) is 5.41 Å². The van der Waals surface area contributed by atoms with Gasteiger partial charge in [0.2, 0.25) is 5.91 Å². The fraction of sp³-hybridized carbons (Fsp3) is 0.800. The van der Waals surface area contributed by atoms with Crippen molar-refractivity contribution < 1.29 is 14.7 Å². The lowest BCUT2D eigenvalue weighted by Gasteiger charge is -2.28. The normalized spacial score (nSPS) is 11.1. The zero-order valence-electron chi connectivity index (χ0n) is 9.09. The number of hydrogen-bond donors (Lipinski definition) is 2. The van der Waals surface area contributed by atoms with Gasteiger partial charge in [-0.2, -0.15) is 0 Å². The highest BCUT2D eigenvalue weighted by molar-refractivity contribution is 5.85. The molecule has 0 aromatic heterocycles. The molecule has 0 aromatic carbocycles. The van der Waals surface area contributed by atoms with Crippen molar-refractivity contribution in [2.45, 2.75) is 40.0 Å². The molecule has 0 bridgehead atoms. The van der Waals surface area contributed by atoms with Crippen LogP contribution in [0.5, 0.6) is 0 Å². The van der Waals surface area contributed by atoms with Gasteiger partial charge in [-0.15, -0.1) is 0 Å². The lowest BCUT2D eigenvalue weighted by molar-refractivity contribution is -0.140. The molecule has 0 aliphatic carbocycles. The van der Waals surface area contributed by atoms with Gasteiger partial charge < -0.3 is 10.4 Å². The number of aliphatic carboxylic acids is 1. The Balaban J connectivity index is 4.36. The third-order valence-electron chi connectivity index (χ3n) is 2.91. The maximum Gasteiger partial charge on any atom is 0.322 e. The first-order valence-corrected chi connectivity index (χ1v) is 5.02. The molecule has 0 saturated heterocycles. The molecule has 0 spiro atoms. The van der Waals surface area contributed by atoms with Gasteiger partial charge in [0.15, 0.2) is 0 Å². The standard InChI is InChI=1S/C10H19NO3/c1-4-10(5-2,6-3)9(14)11-7-8(12)13/h4-7H2,1-3H3,(H,11,14)(H,12,13). The molecule has 0 fully saturated rings. The maximum absolute atomic E-state index is 11.7. The largest absolute Gasteiger partial charge is 0.480 e. The molecule has 0 heterocycles. The van der Waals surface area contributed by atoms with Gasteiger partial charge >= 0.3 is 5.97 Å². The van der Waals surface area contributed by atoms with Crippen LogP contribution >= 0.6 is 0 Å². The number of carboxylic acid groups (broad SMARTS) is 1. The van der Waals surface area contributed by atoms with Crippen LogP contribution in [0.3, 0.4) is 0 Å². The summed E-state index contributed by atoms with van der Waals surface area (Å²) in [6.45, 7) is 5.56. The van der Waals surface area contributed by atoms with Gasteiger partial charge in [0, 0.05) is 5.41 Å². The van der Waals surface area contributed by atoms with Crippen LogP contribution in [0.4, 0.5) is 0 Å². The van der Waals surface area contributed by atoms with Crippen molar-refractivity contribution in [2.75, 3.05) is 6.54 Å². The summed E-state index contributed by atoms with van der Waals surface area (Å²) in [5.41, 5.74) is -0.393. The first-order chi connectivity index (χ1) is 6.52. The molecule has 4 nitrogen and oxygen atoms in total. The molecule has 82 valence electrons. The molecule has 1 amide bonds. The third kappa shape index (κ3) is 3.01. The van der Waals surface area contributed by atoms with Crippen LogP contribution in [0.2, 0.25) is 0 Å². The average molecular weight is 201 g/mol. The first-order valence-electron chi connectivity index (χ1n) is 5.02. The van der Waals surface area contributed by atoms with Crippen molar-refractivity contribution in [3.05, 3.63) is 0 Å². The second-order valence-electron chi connectivity index (χ2n) is 3.42. The van der Waals surface area contributed by atoms with E-state index in [9.17, 15) is 9.59 Å². The van der Waals surface area contributed by atoms with Gasteiger partial charge in [-0.25, -0.2) is 0 Å². The van der Waals surface area contributed by atoms with Crippen LogP contribution in [-0.2, 0) is 9.59 Å². The number of carboxylic acids is 1. The van der Waals surface area contributed by atoms with Gasteiger partial charge in [0.05, 0.1) is 0 Å². The summed E-state index contributed by atoms with van der Waals surface area (Å²) in [5.74, 6) is -1.15. The number of nitrogens with one attached hydrogen (secondary N) is 1. The monoisotopic (exact) mass is 201 g/mol. The molecule has 0 saturated carbocycles. The van der Waals surface area contributed by atoms with Crippen molar-refractivity contribution in [2.24, 2.45) is 5.41 Å². The van der Waals surface area contributed by atoms with Crippen LogP contribution in [-0.4, -0.2) is 23.5 Å². The lowest BCUT2D eigenvalue weighted by atomic mass is 9.79. The van der Waals surface area contributed by atoms with E-state index in [1.807, 2.05) is 20.8 Å². The van der Waals surface area contributed by atoms with Crippen LogP contribution in [0.1, 0.15) is 40.0 Å². The SMILES string of the molecule is CCC(CC)(CC)C(=O)NCC(=O)O. The minimum Gasteiger partial charge on any atom is -0.480 e. The summed E-state index contributed by atoms with van der Waals surface area (Å²) < 4.78 is 0. The highest BCUT2D eigenvalue weighted by Crippen LogP contribution is 2.30. The van der Waals surface area contributed by atoms with Gasteiger partial charge in [-0.1, -0.05) is 20.8 Å². The Bertz CT molecular complexity index is 201. The number of rotatable bonds is 6. The number of carbonyl (C=O) groups is 2. The highest BCUT2D eigenvalue weighted by atomic mass is 16.4. The van der Waals surface area contributed by atoms with E-state index >= 15 is 0 Å². The number of carbonyl (C=O) groups excluding carboxylic acids is 1. The number of amides is 1. The molecule has 2 N–H and O–H groups in total. The Labute approximate surface area is 84.7 Å². The Kier molecular flexibility index (Phi) is 5.20. The quantitative estimate of drug-likeness (QED) is 0.682. The Morgan fingerprint density at radius 1 is 1.14 bits per heavy atom. The van der Waals surface area contributed by atoms with Crippen molar-refractivity contribution in [3.63, 3.8) is 0 Å². The Morgan fingerprint density at radius 3 is 1.86 bits per heavy atom. The zero-order valence-corrected chi connectivity index (χ0v) is 9.09. The Morgan fingerprint density at radius 2 is 1.57 bits per heavy atom. The van der Waals surface area contributed by atoms with Crippen LogP contribution in [0.15, 0.2) is 0 Å². The maximum atomic E-state index is 11.7. The third-order valence-corrected chi connectivity index (χ3v) is 2.91.